The number of ether oxygens (including phenoxy) is 1. The fourth-order valence-electron chi connectivity index (χ4n) is 2.05. The minimum Gasteiger partial charge on any atom is -0.493 e. The molecule has 3 rings (SSSR count). The standard InChI is InChI=1S/C14H15NO2S2/c1-8(16)3-5-17-11-7-12-13(15-9(2)19-12)14-10(11)4-6-18-14/h4,6-8,16H,3,5H2,1-2H3. The van der Waals surface area contributed by atoms with Crippen LogP contribution in [-0.2, 0) is 0 Å². The van der Waals surface area contributed by atoms with Gasteiger partial charge in [-0.05, 0) is 25.3 Å². The number of hydrogen-bond donors (Lipinski definition) is 1. The number of thiophene rings is 1. The highest BCUT2D eigenvalue weighted by Crippen LogP contribution is 2.38. The number of aromatic nitrogens is 1. The Morgan fingerprint density at radius 1 is 1.47 bits per heavy atom. The number of fused-ring (bicyclic) bond motifs is 3. The highest BCUT2D eigenvalue weighted by molar-refractivity contribution is 7.21. The van der Waals surface area contributed by atoms with Crippen molar-refractivity contribution < 1.29 is 9.84 Å². The highest BCUT2D eigenvalue weighted by Gasteiger charge is 2.12. The van der Waals surface area contributed by atoms with Gasteiger partial charge in [0, 0.05) is 17.9 Å². The lowest BCUT2D eigenvalue weighted by Crippen LogP contribution is -2.07. The first-order valence-corrected chi connectivity index (χ1v) is 7.93. The molecule has 1 N–H and O–H groups in total. The number of aliphatic hydroxyl groups is 1. The van der Waals surface area contributed by atoms with Crippen LogP contribution in [0, 0.1) is 6.92 Å². The molecule has 1 atom stereocenters. The molecule has 2 heterocycles. The number of benzene rings is 1. The Labute approximate surface area is 119 Å². The fourth-order valence-corrected chi connectivity index (χ4v) is 3.88. The van der Waals surface area contributed by atoms with Gasteiger partial charge in [0.1, 0.15) is 5.75 Å². The second kappa shape index (κ2) is 5.07. The van der Waals surface area contributed by atoms with E-state index in [2.05, 4.69) is 22.5 Å². The smallest absolute Gasteiger partial charge is 0.129 e. The predicted octanol–water partition coefficient (Wildman–Crippen LogP) is 3.97. The molecular weight excluding hydrogens is 278 g/mol. The molecule has 100 valence electrons. The average molecular weight is 293 g/mol. The molecule has 0 radical (unpaired) electrons. The molecule has 0 fully saturated rings. The van der Waals surface area contributed by atoms with Crippen LogP contribution in [0.2, 0.25) is 0 Å². The van der Waals surface area contributed by atoms with Gasteiger partial charge in [-0.2, -0.15) is 0 Å². The third kappa shape index (κ3) is 2.45. The Bertz CT molecular complexity index is 715. The molecule has 5 heteroatoms. The third-order valence-corrected chi connectivity index (χ3v) is 4.80. The summed E-state index contributed by atoms with van der Waals surface area (Å²) in [5, 5.41) is 13.6. The molecular formula is C14H15NO2S2. The van der Waals surface area contributed by atoms with Crippen LogP contribution in [0.5, 0.6) is 5.75 Å². The Hall–Kier alpha value is -1.17. The largest absolute Gasteiger partial charge is 0.493 e. The predicted molar refractivity (Wildman–Crippen MR) is 81.5 cm³/mol. The molecule has 3 nitrogen and oxygen atoms in total. The van der Waals surface area contributed by atoms with Crippen molar-refractivity contribution in [2.24, 2.45) is 0 Å². The maximum absolute atomic E-state index is 9.29. The van der Waals surface area contributed by atoms with E-state index in [1.807, 2.05) is 6.92 Å². The van der Waals surface area contributed by atoms with Gasteiger partial charge in [-0.1, -0.05) is 0 Å². The lowest BCUT2D eigenvalue weighted by molar-refractivity contribution is 0.156. The average Bonchev–Trinajstić information content (AvgIpc) is 2.93. The molecule has 0 saturated carbocycles. The van der Waals surface area contributed by atoms with Crippen LogP contribution >= 0.6 is 22.7 Å². The normalized spacial score (nSPS) is 13.2. The van der Waals surface area contributed by atoms with Gasteiger partial charge < -0.3 is 9.84 Å². The van der Waals surface area contributed by atoms with Crippen molar-refractivity contribution in [1.29, 1.82) is 0 Å². The van der Waals surface area contributed by atoms with Gasteiger partial charge in [0.15, 0.2) is 0 Å². The van der Waals surface area contributed by atoms with Crippen molar-refractivity contribution in [3.8, 4) is 5.75 Å². The summed E-state index contributed by atoms with van der Waals surface area (Å²) in [6.07, 6.45) is 0.318. The zero-order valence-electron chi connectivity index (χ0n) is 10.8. The number of hydrogen-bond acceptors (Lipinski definition) is 5. The number of aryl methyl sites for hydroxylation is 1. The SMILES string of the molecule is Cc1nc2c(cc(OCCC(C)O)c3ccsc32)s1. The van der Waals surface area contributed by atoms with E-state index >= 15 is 0 Å². The summed E-state index contributed by atoms with van der Waals surface area (Å²) in [5.41, 5.74) is 1.08. The molecule has 3 aromatic rings. The second-order valence-electron chi connectivity index (χ2n) is 4.60. The third-order valence-electron chi connectivity index (χ3n) is 2.96. The van der Waals surface area contributed by atoms with Gasteiger partial charge in [0.25, 0.3) is 0 Å². The van der Waals surface area contributed by atoms with Crippen molar-refractivity contribution >= 4 is 43.0 Å². The molecule has 0 spiro atoms. The van der Waals surface area contributed by atoms with E-state index in [0.29, 0.717) is 13.0 Å². The zero-order chi connectivity index (χ0) is 13.4. The minimum absolute atomic E-state index is 0.327. The van der Waals surface area contributed by atoms with Crippen molar-refractivity contribution in [3.63, 3.8) is 0 Å². The van der Waals surface area contributed by atoms with Crippen molar-refractivity contribution in [2.45, 2.75) is 26.4 Å². The maximum atomic E-state index is 9.29. The number of nitrogens with zero attached hydrogens (tertiary/aromatic N) is 1. The molecule has 1 unspecified atom stereocenters. The Morgan fingerprint density at radius 3 is 3.11 bits per heavy atom. The number of aliphatic hydroxyl groups excluding tert-OH is 1. The fraction of sp³-hybridized carbons (Fsp3) is 0.357. The van der Waals surface area contributed by atoms with E-state index in [4.69, 9.17) is 4.74 Å². The van der Waals surface area contributed by atoms with Crippen molar-refractivity contribution in [1.82, 2.24) is 4.98 Å². The molecule has 0 aliphatic rings. The van der Waals surface area contributed by atoms with E-state index in [-0.39, 0.29) is 6.10 Å². The van der Waals surface area contributed by atoms with Gasteiger partial charge in [-0.15, -0.1) is 22.7 Å². The van der Waals surface area contributed by atoms with Gasteiger partial charge in [0.2, 0.25) is 0 Å². The van der Waals surface area contributed by atoms with Gasteiger partial charge in [0.05, 0.1) is 32.6 Å². The highest BCUT2D eigenvalue weighted by atomic mass is 32.1. The monoisotopic (exact) mass is 293 g/mol. The number of thiazole rings is 1. The van der Waals surface area contributed by atoms with E-state index in [1.165, 1.54) is 9.40 Å². The van der Waals surface area contributed by atoms with E-state index < -0.39 is 0 Å². The van der Waals surface area contributed by atoms with Crippen LogP contribution in [0.1, 0.15) is 18.4 Å². The minimum atomic E-state index is -0.327. The molecule has 2 aromatic heterocycles. The summed E-state index contributed by atoms with van der Waals surface area (Å²) < 4.78 is 8.19. The van der Waals surface area contributed by atoms with Crippen LogP contribution in [0.15, 0.2) is 17.5 Å². The van der Waals surface area contributed by atoms with Crippen LogP contribution in [-0.4, -0.2) is 22.8 Å². The maximum Gasteiger partial charge on any atom is 0.129 e. The quantitative estimate of drug-likeness (QED) is 0.791. The van der Waals surface area contributed by atoms with Crippen molar-refractivity contribution in [2.75, 3.05) is 6.61 Å². The first kappa shape index (κ1) is 12.8. The van der Waals surface area contributed by atoms with E-state index in [9.17, 15) is 5.11 Å². The molecule has 0 saturated heterocycles. The first-order valence-electron chi connectivity index (χ1n) is 6.23. The van der Waals surface area contributed by atoms with E-state index in [0.717, 1.165) is 21.7 Å². The lowest BCUT2D eigenvalue weighted by atomic mass is 10.2. The molecule has 0 amide bonds. The summed E-state index contributed by atoms with van der Waals surface area (Å²) in [6, 6.07) is 4.14. The topological polar surface area (TPSA) is 42.4 Å². The van der Waals surface area contributed by atoms with Crippen LogP contribution in [0.25, 0.3) is 20.3 Å². The molecule has 0 aliphatic heterocycles. The second-order valence-corrected chi connectivity index (χ2v) is 6.75. The first-order chi connectivity index (χ1) is 9.15. The molecule has 0 aliphatic carbocycles. The summed E-state index contributed by atoms with van der Waals surface area (Å²) in [5.74, 6) is 0.896. The van der Waals surface area contributed by atoms with Crippen LogP contribution in [0.3, 0.4) is 0 Å². The molecule has 0 bridgehead atoms. The number of rotatable bonds is 4. The summed E-state index contributed by atoms with van der Waals surface area (Å²) >= 11 is 3.39. The van der Waals surface area contributed by atoms with Crippen molar-refractivity contribution in [3.05, 3.63) is 22.5 Å². The van der Waals surface area contributed by atoms with E-state index in [1.54, 1.807) is 29.6 Å². The summed E-state index contributed by atoms with van der Waals surface area (Å²) in [4.78, 5) is 4.60. The Balaban J connectivity index is 2.03. The Morgan fingerprint density at radius 2 is 2.32 bits per heavy atom. The van der Waals surface area contributed by atoms with Gasteiger partial charge in [-0.25, -0.2) is 4.98 Å². The Kier molecular flexibility index (Phi) is 3.43. The van der Waals surface area contributed by atoms with Gasteiger partial charge in [-0.3, -0.25) is 0 Å². The zero-order valence-corrected chi connectivity index (χ0v) is 12.5. The van der Waals surface area contributed by atoms with Crippen LogP contribution < -0.4 is 4.74 Å². The lowest BCUT2D eigenvalue weighted by Gasteiger charge is -2.09. The molecule has 19 heavy (non-hydrogen) atoms. The summed E-state index contributed by atoms with van der Waals surface area (Å²) in [7, 11) is 0. The van der Waals surface area contributed by atoms with Crippen LogP contribution in [0.4, 0.5) is 0 Å². The molecule has 1 aromatic carbocycles. The van der Waals surface area contributed by atoms with Gasteiger partial charge >= 0.3 is 0 Å². The summed E-state index contributed by atoms with van der Waals surface area (Å²) in [6.45, 7) is 4.34.